The molecule has 6 rings (SSSR count). The molecule has 2 aliphatic heterocycles. The van der Waals surface area contributed by atoms with E-state index in [0.29, 0.717) is 25.3 Å². The molecular formula is C31H36F5N9O5. The Labute approximate surface area is 281 Å². The van der Waals surface area contributed by atoms with Crippen molar-refractivity contribution in [1.29, 1.82) is 0 Å². The van der Waals surface area contributed by atoms with Crippen molar-refractivity contribution in [2.24, 2.45) is 5.92 Å². The maximum atomic E-state index is 14.1. The van der Waals surface area contributed by atoms with Gasteiger partial charge in [-0.05, 0) is 44.6 Å². The Morgan fingerprint density at radius 2 is 1.84 bits per heavy atom. The largest absolute Gasteiger partial charge is 0.504 e. The van der Waals surface area contributed by atoms with Crippen molar-refractivity contribution in [3.8, 4) is 5.75 Å². The molecule has 0 aromatic carbocycles. The minimum absolute atomic E-state index is 0.0474. The Balaban J connectivity index is 1.29. The van der Waals surface area contributed by atoms with Gasteiger partial charge in [-0.1, -0.05) is 13.0 Å². The van der Waals surface area contributed by atoms with E-state index in [-0.39, 0.29) is 73.4 Å². The molecule has 2 fully saturated rings. The van der Waals surface area contributed by atoms with E-state index in [0.717, 1.165) is 10.1 Å². The van der Waals surface area contributed by atoms with Gasteiger partial charge in [0.2, 0.25) is 11.7 Å². The van der Waals surface area contributed by atoms with Crippen LogP contribution in [0.15, 0.2) is 17.2 Å². The van der Waals surface area contributed by atoms with Crippen LogP contribution in [-0.4, -0.2) is 108 Å². The molecule has 2 amide bonds. The smallest absolute Gasteiger partial charge is 0.453 e. The van der Waals surface area contributed by atoms with Crippen molar-refractivity contribution in [2.75, 3.05) is 44.3 Å². The molecule has 3 aliphatic rings. The summed E-state index contributed by atoms with van der Waals surface area (Å²) in [5.41, 5.74) is 1.01. The molecule has 2 unspecified atom stereocenters. The van der Waals surface area contributed by atoms with E-state index < -0.39 is 60.8 Å². The van der Waals surface area contributed by atoms with Crippen molar-refractivity contribution in [3.05, 3.63) is 45.7 Å². The number of nitrogens with one attached hydrogen (secondary N) is 1. The first-order valence-corrected chi connectivity index (χ1v) is 16.3. The molecule has 2 atom stereocenters. The lowest BCUT2D eigenvalue weighted by molar-refractivity contribution is -0.302. The molecule has 270 valence electrons. The minimum Gasteiger partial charge on any atom is -0.504 e. The minimum atomic E-state index is -5.69. The van der Waals surface area contributed by atoms with Gasteiger partial charge in [-0.15, -0.1) is 5.10 Å². The quantitative estimate of drug-likeness (QED) is 0.333. The number of aromatic hydroxyl groups is 1. The van der Waals surface area contributed by atoms with Crippen LogP contribution >= 0.6 is 0 Å². The van der Waals surface area contributed by atoms with E-state index in [4.69, 9.17) is 4.74 Å². The molecule has 1 aliphatic carbocycles. The number of hydrogen-bond donors (Lipinski definition) is 2. The highest BCUT2D eigenvalue weighted by atomic mass is 19.4. The fourth-order valence-electron chi connectivity index (χ4n) is 6.79. The molecule has 1 saturated carbocycles. The van der Waals surface area contributed by atoms with Crippen LogP contribution in [0, 0.1) is 12.8 Å². The van der Waals surface area contributed by atoms with E-state index in [1.807, 2.05) is 0 Å². The van der Waals surface area contributed by atoms with Crippen LogP contribution < -0.4 is 15.8 Å². The van der Waals surface area contributed by atoms with Crippen LogP contribution in [0.4, 0.5) is 27.6 Å². The lowest BCUT2D eigenvalue weighted by Gasteiger charge is -2.36. The van der Waals surface area contributed by atoms with Gasteiger partial charge in [-0.25, -0.2) is 9.97 Å². The van der Waals surface area contributed by atoms with Crippen molar-refractivity contribution in [1.82, 2.24) is 39.3 Å². The monoisotopic (exact) mass is 709 g/mol. The van der Waals surface area contributed by atoms with Crippen LogP contribution in [-0.2, 0) is 22.5 Å². The summed E-state index contributed by atoms with van der Waals surface area (Å²) >= 11 is 0. The van der Waals surface area contributed by atoms with Gasteiger partial charge in [0.15, 0.2) is 17.3 Å². The lowest BCUT2D eigenvalue weighted by Crippen LogP contribution is -2.51. The zero-order chi connectivity index (χ0) is 36.0. The highest BCUT2D eigenvalue weighted by Gasteiger charge is 2.63. The maximum absolute atomic E-state index is 14.1. The summed E-state index contributed by atoms with van der Waals surface area (Å²) in [5, 5.41) is 17.4. The van der Waals surface area contributed by atoms with Crippen LogP contribution in [0.25, 0.3) is 11.4 Å². The highest BCUT2D eigenvalue weighted by molar-refractivity contribution is 5.95. The number of hydrogen-bond acceptors (Lipinski definition) is 10. The fraction of sp³-hybridized carbons (Fsp3) is 0.581. The van der Waals surface area contributed by atoms with E-state index in [2.05, 4.69) is 25.4 Å². The second-order valence-electron chi connectivity index (χ2n) is 12.6. The lowest BCUT2D eigenvalue weighted by atomic mass is 9.99. The topological polar surface area (TPSA) is 160 Å². The third kappa shape index (κ3) is 6.49. The first-order chi connectivity index (χ1) is 23.7. The number of carbonyl (C=O) groups is 2. The van der Waals surface area contributed by atoms with Gasteiger partial charge in [0.05, 0.1) is 24.6 Å². The zero-order valence-electron chi connectivity index (χ0n) is 27.3. The molecule has 19 heteroatoms. The van der Waals surface area contributed by atoms with Crippen molar-refractivity contribution >= 4 is 28.9 Å². The summed E-state index contributed by atoms with van der Waals surface area (Å²) in [6.45, 7) is 4.41. The number of carbonyl (C=O) groups excluding carboxylic acids is 2. The van der Waals surface area contributed by atoms with Crippen molar-refractivity contribution in [2.45, 2.75) is 70.6 Å². The summed E-state index contributed by atoms with van der Waals surface area (Å²) in [5.74, 6) is -7.97. The Bertz CT molecular complexity index is 1880. The number of aromatic nitrogens is 6. The molecule has 3 aromatic heterocycles. The summed E-state index contributed by atoms with van der Waals surface area (Å²) < 4.78 is 75.0. The Kier molecular flexibility index (Phi) is 9.53. The van der Waals surface area contributed by atoms with Crippen LogP contribution in [0.1, 0.15) is 60.3 Å². The maximum Gasteiger partial charge on any atom is 0.453 e. The van der Waals surface area contributed by atoms with Crippen LogP contribution in [0.2, 0.25) is 0 Å². The third-order valence-corrected chi connectivity index (χ3v) is 9.49. The standard InChI is InChI=1S/C31H36F5N9O5/c1-3-21-24(42-8-10-43(11-9-42)27(48)23-25(47)17(2)37-16-38-23)28(49)45-29(40-26(41-45)18-6-12-50-13-7-18)44(21)15-22(46)39-20-5-4-19(14-20)30(32,33)31(34,35)36/h6,16,19-20,47H,3-5,7-15H2,1-2H3,(H,39,46). The first-order valence-electron chi connectivity index (χ1n) is 16.3. The summed E-state index contributed by atoms with van der Waals surface area (Å²) in [6, 6.07) is -0.898. The van der Waals surface area contributed by atoms with Gasteiger partial charge < -0.3 is 29.5 Å². The number of piperazine rings is 1. The number of fused-ring (bicyclic) bond motifs is 1. The number of alkyl halides is 5. The average Bonchev–Trinajstić information content (AvgIpc) is 3.75. The number of amides is 2. The number of anilines is 1. The molecule has 0 bridgehead atoms. The fourth-order valence-corrected chi connectivity index (χ4v) is 6.79. The third-order valence-electron chi connectivity index (χ3n) is 9.49. The molecule has 2 N–H and O–H groups in total. The molecule has 3 aromatic rings. The van der Waals surface area contributed by atoms with Gasteiger partial charge in [0, 0.05) is 38.1 Å². The summed E-state index contributed by atoms with van der Waals surface area (Å²) in [6.07, 6.45) is -2.95. The molecule has 0 spiro atoms. The van der Waals surface area contributed by atoms with Crippen LogP contribution in [0.3, 0.4) is 0 Å². The zero-order valence-corrected chi connectivity index (χ0v) is 27.3. The Morgan fingerprint density at radius 1 is 1.10 bits per heavy atom. The summed E-state index contributed by atoms with van der Waals surface area (Å²) in [4.78, 5) is 56.4. The van der Waals surface area contributed by atoms with Gasteiger partial charge in [-0.2, -0.15) is 31.5 Å². The average molecular weight is 710 g/mol. The molecule has 14 nitrogen and oxygen atoms in total. The normalized spacial score (nSPS) is 20.3. The highest BCUT2D eigenvalue weighted by Crippen LogP contribution is 2.47. The molecule has 5 heterocycles. The van der Waals surface area contributed by atoms with E-state index >= 15 is 0 Å². The van der Waals surface area contributed by atoms with E-state index in [9.17, 15) is 41.4 Å². The second-order valence-corrected chi connectivity index (χ2v) is 12.6. The first kappa shape index (κ1) is 35.2. The number of nitrogens with zero attached hydrogens (tertiary/aromatic N) is 8. The number of rotatable bonds is 8. The van der Waals surface area contributed by atoms with E-state index in [1.165, 1.54) is 15.8 Å². The van der Waals surface area contributed by atoms with Crippen molar-refractivity contribution < 1.29 is 41.4 Å². The number of ether oxygens (including phenoxy) is 1. The molecular weight excluding hydrogens is 673 g/mol. The molecule has 50 heavy (non-hydrogen) atoms. The second kappa shape index (κ2) is 13.6. The van der Waals surface area contributed by atoms with Crippen molar-refractivity contribution in [3.63, 3.8) is 0 Å². The predicted octanol–water partition coefficient (Wildman–Crippen LogP) is 2.51. The van der Waals surface area contributed by atoms with E-state index in [1.54, 1.807) is 24.8 Å². The number of halogens is 5. The molecule has 0 radical (unpaired) electrons. The van der Waals surface area contributed by atoms with Gasteiger partial charge >= 0.3 is 12.1 Å². The van der Waals surface area contributed by atoms with Gasteiger partial charge in [-0.3, -0.25) is 14.4 Å². The van der Waals surface area contributed by atoms with Crippen LogP contribution in [0.5, 0.6) is 5.75 Å². The Morgan fingerprint density at radius 3 is 2.50 bits per heavy atom. The molecule has 1 saturated heterocycles. The predicted molar refractivity (Wildman–Crippen MR) is 167 cm³/mol. The SMILES string of the molecule is CCc1c(N2CCN(C(=O)c3ncnc(C)c3O)CC2)c(=O)n2nc(C3=CCOCC3)nc2n1CC(=O)NC1CCC(C(F)(F)C(F)(F)F)C1. The van der Waals surface area contributed by atoms with Gasteiger partial charge in [0.1, 0.15) is 18.6 Å². The summed E-state index contributed by atoms with van der Waals surface area (Å²) in [7, 11) is 0. The van der Waals surface area contributed by atoms with Gasteiger partial charge in [0.25, 0.3) is 11.5 Å². The Hall–Kier alpha value is -4.68. The number of aryl methyl sites for hydroxylation is 1.